The molecular formula is C24H22N2O4. The molecule has 3 rings (SSSR count). The summed E-state index contributed by atoms with van der Waals surface area (Å²) in [6, 6.07) is 22.9. The van der Waals surface area contributed by atoms with Crippen LogP contribution < -0.4 is 20.1 Å². The van der Waals surface area contributed by atoms with Gasteiger partial charge in [-0.2, -0.15) is 0 Å². The molecule has 0 saturated carbocycles. The van der Waals surface area contributed by atoms with Crippen molar-refractivity contribution < 1.29 is 19.1 Å². The SMILES string of the molecule is COc1ccc(C=C(NC(=O)c2ccccc2)C(=O)Nc2ccccc2)cc1OC. The summed E-state index contributed by atoms with van der Waals surface area (Å²) in [5.74, 6) is 0.257. The molecule has 6 heteroatoms. The number of hydrogen-bond acceptors (Lipinski definition) is 4. The number of para-hydroxylation sites is 1. The second-order valence-electron chi connectivity index (χ2n) is 6.31. The molecule has 0 atom stereocenters. The molecule has 0 heterocycles. The van der Waals surface area contributed by atoms with E-state index in [-0.39, 0.29) is 11.6 Å². The molecule has 0 aromatic heterocycles. The fourth-order valence-electron chi connectivity index (χ4n) is 2.77. The first-order chi connectivity index (χ1) is 14.6. The van der Waals surface area contributed by atoms with E-state index in [1.807, 2.05) is 24.3 Å². The molecule has 0 aliphatic carbocycles. The average molecular weight is 402 g/mol. The molecule has 2 amide bonds. The van der Waals surface area contributed by atoms with Crippen LogP contribution in [0.5, 0.6) is 11.5 Å². The summed E-state index contributed by atoms with van der Waals surface area (Å²) in [7, 11) is 3.08. The minimum Gasteiger partial charge on any atom is -0.493 e. The molecule has 0 spiro atoms. The van der Waals surface area contributed by atoms with E-state index in [9.17, 15) is 9.59 Å². The minimum absolute atomic E-state index is 0.0972. The average Bonchev–Trinajstić information content (AvgIpc) is 2.79. The summed E-state index contributed by atoms with van der Waals surface area (Å²) in [5.41, 5.74) is 1.83. The Morgan fingerprint density at radius 1 is 0.800 bits per heavy atom. The number of methoxy groups -OCH3 is 2. The molecule has 0 unspecified atom stereocenters. The first kappa shape index (κ1) is 20.7. The Morgan fingerprint density at radius 3 is 2.07 bits per heavy atom. The predicted molar refractivity (Wildman–Crippen MR) is 117 cm³/mol. The van der Waals surface area contributed by atoms with Crippen molar-refractivity contribution in [3.63, 3.8) is 0 Å². The quantitative estimate of drug-likeness (QED) is 0.583. The molecule has 30 heavy (non-hydrogen) atoms. The van der Waals surface area contributed by atoms with E-state index in [4.69, 9.17) is 9.47 Å². The van der Waals surface area contributed by atoms with Crippen LogP contribution in [0.1, 0.15) is 15.9 Å². The molecule has 152 valence electrons. The Hall–Kier alpha value is -4.06. The van der Waals surface area contributed by atoms with Crippen molar-refractivity contribution in [1.29, 1.82) is 0 Å². The van der Waals surface area contributed by atoms with E-state index in [0.717, 1.165) is 0 Å². The third kappa shape index (κ3) is 5.26. The van der Waals surface area contributed by atoms with Crippen LogP contribution in [0, 0.1) is 0 Å². The molecule has 0 saturated heterocycles. The van der Waals surface area contributed by atoms with E-state index >= 15 is 0 Å². The number of hydrogen-bond donors (Lipinski definition) is 2. The molecule has 0 aliphatic heterocycles. The fourth-order valence-corrected chi connectivity index (χ4v) is 2.77. The van der Waals surface area contributed by atoms with Gasteiger partial charge in [0.1, 0.15) is 5.70 Å². The Kier molecular flexibility index (Phi) is 6.84. The largest absolute Gasteiger partial charge is 0.493 e. The first-order valence-electron chi connectivity index (χ1n) is 9.27. The van der Waals surface area contributed by atoms with Gasteiger partial charge in [0.15, 0.2) is 11.5 Å². The highest BCUT2D eigenvalue weighted by Crippen LogP contribution is 2.28. The third-order valence-corrected chi connectivity index (χ3v) is 4.28. The highest BCUT2D eigenvalue weighted by Gasteiger charge is 2.15. The maximum atomic E-state index is 12.9. The topological polar surface area (TPSA) is 76.7 Å². The lowest BCUT2D eigenvalue weighted by Gasteiger charge is -2.12. The van der Waals surface area contributed by atoms with Gasteiger partial charge >= 0.3 is 0 Å². The number of rotatable bonds is 7. The molecule has 0 bridgehead atoms. The first-order valence-corrected chi connectivity index (χ1v) is 9.27. The second kappa shape index (κ2) is 9.93. The standard InChI is InChI=1S/C24H22N2O4/c1-29-21-14-13-17(16-22(21)30-2)15-20(24(28)25-19-11-7-4-8-12-19)26-23(27)18-9-5-3-6-10-18/h3-16H,1-2H3,(H,25,28)(H,26,27). The number of ether oxygens (including phenoxy) is 2. The Balaban J connectivity index is 1.93. The van der Waals surface area contributed by atoms with Crippen LogP contribution >= 0.6 is 0 Å². The van der Waals surface area contributed by atoms with Crippen LogP contribution in [-0.2, 0) is 4.79 Å². The summed E-state index contributed by atoms with van der Waals surface area (Å²) in [4.78, 5) is 25.6. The number of benzene rings is 3. The number of nitrogens with one attached hydrogen (secondary N) is 2. The van der Waals surface area contributed by atoms with E-state index < -0.39 is 5.91 Å². The minimum atomic E-state index is -0.444. The van der Waals surface area contributed by atoms with Crippen molar-refractivity contribution in [2.75, 3.05) is 19.5 Å². The smallest absolute Gasteiger partial charge is 0.272 e. The normalized spacial score (nSPS) is 10.8. The van der Waals surface area contributed by atoms with Crippen LogP contribution in [0.15, 0.2) is 84.6 Å². The lowest BCUT2D eigenvalue weighted by molar-refractivity contribution is -0.113. The summed E-state index contributed by atoms with van der Waals surface area (Å²) < 4.78 is 10.6. The molecule has 2 N–H and O–H groups in total. The predicted octanol–water partition coefficient (Wildman–Crippen LogP) is 4.11. The van der Waals surface area contributed by atoms with E-state index in [1.54, 1.807) is 67.8 Å². The van der Waals surface area contributed by atoms with E-state index in [1.165, 1.54) is 7.11 Å². The van der Waals surface area contributed by atoms with Crippen molar-refractivity contribution >= 4 is 23.6 Å². The maximum Gasteiger partial charge on any atom is 0.272 e. The van der Waals surface area contributed by atoms with Gasteiger partial charge in [-0.3, -0.25) is 9.59 Å². The van der Waals surface area contributed by atoms with Crippen molar-refractivity contribution in [3.05, 3.63) is 95.7 Å². The van der Waals surface area contributed by atoms with Gasteiger partial charge in [-0.05, 0) is 48.0 Å². The van der Waals surface area contributed by atoms with Crippen LogP contribution in [0.2, 0.25) is 0 Å². The van der Waals surface area contributed by atoms with Gasteiger partial charge in [-0.15, -0.1) is 0 Å². The molecule has 0 aliphatic rings. The number of anilines is 1. The number of amides is 2. The lowest BCUT2D eigenvalue weighted by Crippen LogP contribution is -2.30. The zero-order valence-corrected chi connectivity index (χ0v) is 16.7. The maximum absolute atomic E-state index is 12.9. The molecule has 0 radical (unpaired) electrons. The molecule has 3 aromatic rings. The van der Waals surface area contributed by atoms with Crippen LogP contribution in [0.4, 0.5) is 5.69 Å². The van der Waals surface area contributed by atoms with Crippen LogP contribution in [0.25, 0.3) is 6.08 Å². The van der Waals surface area contributed by atoms with E-state index in [2.05, 4.69) is 10.6 Å². The summed E-state index contributed by atoms with van der Waals surface area (Å²) in [6.07, 6.45) is 1.58. The highest BCUT2D eigenvalue weighted by molar-refractivity contribution is 6.10. The molecular weight excluding hydrogens is 380 g/mol. The summed E-state index contributed by atoms with van der Waals surface area (Å²) in [5, 5.41) is 5.50. The van der Waals surface area contributed by atoms with Gasteiger partial charge in [0.2, 0.25) is 0 Å². The summed E-state index contributed by atoms with van der Waals surface area (Å²) in [6.45, 7) is 0. The molecule has 3 aromatic carbocycles. The summed E-state index contributed by atoms with van der Waals surface area (Å²) >= 11 is 0. The Labute approximate surface area is 175 Å². The molecule has 6 nitrogen and oxygen atoms in total. The van der Waals surface area contributed by atoms with Crippen molar-refractivity contribution in [1.82, 2.24) is 5.32 Å². The Morgan fingerprint density at radius 2 is 1.43 bits per heavy atom. The monoisotopic (exact) mass is 402 g/mol. The van der Waals surface area contributed by atoms with Crippen LogP contribution in [-0.4, -0.2) is 26.0 Å². The Bertz CT molecular complexity index is 1050. The number of carbonyl (C=O) groups is 2. The van der Waals surface area contributed by atoms with Gasteiger partial charge in [-0.25, -0.2) is 0 Å². The van der Waals surface area contributed by atoms with Gasteiger partial charge in [0.25, 0.3) is 11.8 Å². The zero-order valence-electron chi connectivity index (χ0n) is 16.7. The third-order valence-electron chi connectivity index (χ3n) is 4.28. The van der Waals surface area contributed by atoms with Crippen molar-refractivity contribution in [2.45, 2.75) is 0 Å². The van der Waals surface area contributed by atoms with Gasteiger partial charge in [0, 0.05) is 11.3 Å². The van der Waals surface area contributed by atoms with Crippen LogP contribution in [0.3, 0.4) is 0 Å². The van der Waals surface area contributed by atoms with Gasteiger partial charge < -0.3 is 20.1 Å². The fraction of sp³-hybridized carbons (Fsp3) is 0.0833. The second-order valence-corrected chi connectivity index (χ2v) is 6.31. The van der Waals surface area contributed by atoms with Crippen molar-refractivity contribution in [3.8, 4) is 11.5 Å². The van der Waals surface area contributed by atoms with Gasteiger partial charge in [0.05, 0.1) is 14.2 Å². The van der Waals surface area contributed by atoms with Crippen molar-refractivity contribution in [2.24, 2.45) is 0 Å². The van der Waals surface area contributed by atoms with E-state index in [0.29, 0.717) is 28.3 Å². The lowest BCUT2D eigenvalue weighted by atomic mass is 10.1. The zero-order chi connectivity index (χ0) is 21.3. The number of carbonyl (C=O) groups excluding carboxylic acids is 2. The van der Waals surface area contributed by atoms with Gasteiger partial charge in [-0.1, -0.05) is 42.5 Å². The molecule has 0 fully saturated rings. The highest BCUT2D eigenvalue weighted by atomic mass is 16.5.